The first-order chi connectivity index (χ1) is 14.0. The maximum absolute atomic E-state index is 12.2. The van der Waals surface area contributed by atoms with Crippen molar-refractivity contribution >= 4 is 56.7 Å². The van der Waals surface area contributed by atoms with E-state index in [1.165, 1.54) is 49.7 Å². The molecule has 0 fully saturated rings. The van der Waals surface area contributed by atoms with Gasteiger partial charge < -0.3 is 4.74 Å². The molecule has 0 radical (unpaired) electrons. The number of rotatable bonds is 8. The van der Waals surface area contributed by atoms with E-state index in [4.69, 9.17) is 27.9 Å². The van der Waals surface area contributed by atoms with Gasteiger partial charge in [0.1, 0.15) is 6.54 Å². The van der Waals surface area contributed by atoms with E-state index in [0.29, 0.717) is 5.56 Å². The summed E-state index contributed by atoms with van der Waals surface area (Å²) in [4.78, 5) is 22.6. The van der Waals surface area contributed by atoms with Gasteiger partial charge in [-0.15, -0.1) is 0 Å². The summed E-state index contributed by atoms with van der Waals surface area (Å²) in [5, 5.41) is 15.1. The standard InChI is InChI=1S/C17H16Cl2N4O6S/c1-29-16-4-3-11(5-15(16)23(25)26)9-20-21-17(24)10-22(30(2,27)28)14-7-12(18)6-13(19)8-14/h3-9H,10H2,1-2H3,(H,21,24)/b20-9-. The van der Waals surface area contributed by atoms with Crippen molar-refractivity contribution in [1.29, 1.82) is 0 Å². The summed E-state index contributed by atoms with van der Waals surface area (Å²) in [7, 11) is -2.53. The molecule has 0 bridgehead atoms. The lowest BCUT2D eigenvalue weighted by atomic mass is 10.2. The van der Waals surface area contributed by atoms with Gasteiger partial charge >= 0.3 is 5.69 Å². The second-order valence-corrected chi connectivity index (χ2v) is 8.66. The minimum Gasteiger partial charge on any atom is -0.490 e. The van der Waals surface area contributed by atoms with Crippen molar-refractivity contribution in [2.45, 2.75) is 0 Å². The van der Waals surface area contributed by atoms with Gasteiger partial charge in [0.25, 0.3) is 5.91 Å². The summed E-state index contributed by atoms with van der Waals surface area (Å²) >= 11 is 11.8. The van der Waals surface area contributed by atoms with Crippen molar-refractivity contribution < 1.29 is 22.9 Å². The molecule has 0 aromatic heterocycles. The number of sulfonamides is 1. The molecule has 0 unspecified atom stereocenters. The number of benzene rings is 2. The number of carbonyl (C=O) groups excluding carboxylic acids is 1. The minimum absolute atomic E-state index is 0.0742. The van der Waals surface area contributed by atoms with Crippen LogP contribution in [0.25, 0.3) is 0 Å². The Morgan fingerprint density at radius 1 is 1.27 bits per heavy atom. The van der Waals surface area contributed by atoms with Gasteiger partial charge in [0.05, 0.1) is 30.2 Å². The number of halogens is 2. The minimum atomic E-state index is -3.83. The van der Waals surface area contributed by atoms with Crippen LogP contribution in [-0.4, -0.2) is 45.4 Å². The predicted molar refractivity (Wildman–Crippen MR) is 114 cm³/mol. The number of anilines is 1. The Morgan fingerprint density at radius 3 is 2.43 bits per heavy atom. The number of amides is 1. The quantitative estimate of drug-likeness (QED) is 0.355. The van der Waals surface area contributed by atoms with E-state index in [2.05, 4.69) is 10.5 Å². The van der Waals surface area contributed by atoms with Crippen LogP contribution >= 0.6 is 23.2 Å². The first-order valence-electron chi connectivity index (χ1n) is 8.09. The van der Waals surface area contributed by atoms with Gasteiger partial charge in [-0.1, -0.05) is 23.2 Å². The van der Waals surface area contributed by atoms with E-state index in [0.717, 1.165) is 10.6 Å². The number of hydrogen-bond donors (Lipinski definition) is 1. The number of hydrogen-bond acceptors (Lipinski definition) is 7. The fraction of sp³-hybridized carbons (Fsp3) is 0.176. The Kier molecular flexibility index (Phi) is 7.59. The molecule has 2 aromatic rings. The SMILES string of the molecule is COc1ccc(/C=N\NC(=O)CN(c2cc(Cl)cc(Cl)c2)S(C)(=O)=O)cc1[N+](=O)[O-]. The van der Waals surface area contributed by atoms with Gasteiger partial charge in [0.2, 0.25) is 10.0 Å². The Bertz CT molecular complexity index is 1090. The molecule has 2 rings (SSSR count). The van der Waals surface area contributed by atoms with E-state index in [1.807, 2.05) is 0 Å². The largest absolute Gasteiger partial charge is 0.490 e. The monoisotopic (exact) mass is 474 g/mol. The number of nitrogens with zero attached hydrogens (tertiary/aromatic N) is 3. The Labute approximate surface area is 182 Å². The number of nitro groups is 1. The van der Waals surface area contributed by atoms with Gasteiger partial charge in [-0.05, 0) is 30.3 Å². The lowest BCUT2D eigenvalue weighted by molar-refractivity contribution is -0.385. The van der Waals surface area contributed by atoms with Gasteiger partial charge in [-0.2, -0.15) is 5.10 Å². The van der Waals surface area contributed by atoms with Gasteiger partial charge in [-0.3, -0.25) is 19.2 Å². The summed E-state index contributed by atoms with van der Waals surface area (Å²) in [6.07, 6.45) is 2.10. The van der Waals surface area contributed by atoms with Crippen LogP contribution in [0.15, 0.2) is 41.5 Å². The molecule has 0 saturated carbocycles. The van der Waals surface area contributed by atoms with Crippen molar-refractivity contribution in [3.05, 3.63) is 62.1 Å². The normalized spacial score (nSPS) is 11.3. The Morgan fingerprint density at radius 2 is 1.90 bits per heavy atom. The molecule has 1 amide bonds. The lowest BCUT2D eigenvalue weighted by Gasteiger charge is -2.21. The third-order valence-electron chi connectivity index (χ3n) is 3.63. The van der Waals surface area contributed by atoms with Crippen LogP contribution in [0.1, 0.15) is 5.56 Å². The average molecular weight is 475 g/mol. The van der Waals surface area contributed by atoms with Crippen molar-refractivity contribution in [2.75, 3.05) is 24.2 Å². The van der Waals surface area contributed by atoms with Crippen molar-refractivity contribution in [3.8, 4) is 5.75 Å². The van der Waals surface area contributed by atoms with Crippen molar-refractivity contribution in [3.63, 3.8) is 0 Å². The van der Waals surface area contributed by atoms with Gasteiger partial charge in [0, 0.05) is 21.7 Å². The average Bonchev–Trinajstić information content (AvgIpc) is 2.64. The summed E-state index contributed by atoms with van der Waals surface area (Å²) < 4.78 is 29.9. The van der Waals surface area contributed by atoms with Crippen LogP contribution in [0.5, 0.6) is 5.75 Å². The third-order valence-corrected chi connectivity index (χ3v) is 5.20. The number of nitrogens with one attached hydrogen (secondary N) is 1. The number of ether oxygens (including phenoxy) is 1. The molecule has 2 aromatic carbocycles. The van der Waals surface area contributed by atoms with E-state index in [-0.39, 0.29) is 27.2 Å². The molecule has 13 heteroatoms. The van der Waals surface area contributed by atoms with Crippen LogP contribution in [0, 0.1) is 10.1 Å². The molecule has 10 nitrogen and oxygen atoms in total. The summed E-state index contributed by atoms with van der Waals surface area (Å²) in [6.45, 7) is -0.588. The lowest BCUT2D eigenvalue weighted by Crippen LogP contribution is -2.39. The molecule has 1 N–H and O–H groups in total. The van der Waals surface area contributed by atoms with Crippen LogP contribution in [0.2, 0.25) is 10.0 Å². The fourth-order valence-electron chi connectivity index (χ4n) is 2.36. The zero-order valence-electron chi connectivity index (χ0n) is 15.7. The van der Waals surface area contributed by atoms with Crippen molar-refractivity contribution in [2.24, 2.45) is 5.10 Å². The summed E-state index contributed by atoms with van der Waals surface area (Å²) in [6, 6.07) is 8.22. The summed E-state index contributed by atoms with van der Waals surface area (Å²) in [5.74, 6) is -0.680. The number of methoxy groups -OCH3 is 1. The van der Waals surface area contributed by atoms with Crippen LogP contribution in [0.3, 0.4) is 0 Å². The zero-order chi connectivity index (χ0) is 22.5. The maximum Gasteiger partial charge on any atom is 0.311 e. The molecule has 0 atom stereocenters. The van der Waals surface area contributed by atoms with Gasteiger partial charge in [-0.25, -0.2) is 13.8 Å². The number of carbonyl (C=O) groups is 1. The van der Waals surface area contributed by atoms with E-state index in [9.17, 15) is 23.3 Å². The molecule has 0 aliphatic carbocycles. The Hall–Kier alpha value is -2.89. The highest BCUT2D eigenvalue weighted by Gasteiger charge is 2.21. The third kappa shape index (κ3) is 6.31. The molecule has 30 heavy (non-hydrogen) atoms. The predicted octanol–water partition coefficient (Wildman–Crippen LogP) is 2.83. The first kappa shape index (κ1) is 23.4. The first-order valence-corrected chi connectivity index (χ1v) is 10.7. The van der Waals surface area contributed by atoms with Crippen molar-refractivity contribution in [1.82, 2.24) is 5.43 Å². The molecule has 0 spiro atoms. The van der Waals surface area contributed by atoms with E-state index < -0.39 is 27.4 Å². The Balaban J connectivity index is 2.15. The number of nitro benzene ring substituents is 1. The van der Waals surface area contributed by atoms with E-state index >= 15 is 0 Å². The molecular weight excluding hydrogens is 459 g/mol. The highest BCUT2D eigenvalue weighted by atomic mass is 35.5. The van der Waals surface area contributed by atoms with Crippen LogP contribution in [-0.2, 0) is 14.8 Å². The second kappa shape index (κ2) is 9.74. The fourth-order valence-corrected chi connectivity index (χ4v) is 3.71. The molecule has 0 heterocycles. The second-order valence-electron chi connectivity index (χ2n) is 5.88. The highest BCUT2D eigenvalue weighted by molar-refractivity contribution is 7.92. The zero-order valence-corrected chi connectivity index (χ0v) is 18.0. The highest BCUT2D eigenvalue weighted by Crippen LogP contribution is 2.27. The molecule has 160 valence electrons. The summed E-state index contributed by atoms with van der Waals surface area (Å²) in [5.41, 5.74) is 2.33. The van der Waals surface area contributed by atoms with Crippen LogP contribution < -0.4 is 14.5 Å². The number of hydrazone groups is 1. The van der Waals surface area contributed by atoms with Crippen LogP contribution in [0.4, 0.5) is 11.4 Å². The topological polar surface area (TPSA) is 131 Å². The molecule has 0 aliphatic rings. The van der Waals surface area contributed by atoms with E-state index in [1.54, 1.807) is 0 Å². The molecule has 0 saturated heterocycles. The molecular formula is C17H16Cl2N4O6S. The molecule has 0 aliphatic heterocycles. The maximum atomic E-state index is 12.2. The smallest absolute Gasteiger partial charge is 0.311 e. The van der Waals surface area contributed by atoms with Gasteiger partial charge in [0.15, 0.2) is 5.75 Å².